The van der Waals surface area contributed by atoms with Gasteiger partial charge in [0.05, 0.1) is 6.61 Å². The molecule has 1 aliphatic heterocycles. The molecular formula is C10H16N2O. The highest BCUT2D eigenvalue weighted by atomic mass is 16.5. The first-order chi connectivity index (χ1) is 6.36. The van der Waals surface area contributed by atoms with Gasteiger partial charge >= 0.3 is 0 Å². The maximum Gasteiger partial charge on any atom is 0.236 e. The first kappa shape index (κ1) is 8.60. The first-order valence-electron chi connectivity index (χ1n) is 5.08. The molecule has 2 heterocycles. The summed E-state index contributed by atoms with van der Waals surface area (Å²) in [7, 11) is 0. The van der Waals surface area contributed by atoms with Gasteiger partial charge in [0.1, 0.15) is 0 Å². The zero-order chi connectivity index (χ0) is 9.26. The van der Waals surface area contributed by atoms with Crippen molar-refractivity contribution in [1.29, 1.82) is 0 Å². The predicted octanol–water partition coefficient (Wildman–Crippen LogP) is 1.79. The Balaban J connectivity index is 2.35. The Kier molecular flexibility index (Phi) is 2.25. The van der Waals surface area contributed by atoms with Gasteiger partial charge in [0.15, 0.2) is 0 Å². The number of hydrogen-bond donors (Lipinski definition) is 0. The Morgan fingerprint density at radius 3 is 3.00 bits per heavy atom. The first-order valence-corrected chi connectivity index (χ1v) is 5.08. The summed E-state index contributed by atoms with van der Waals surface area (Å²) >= 11 is 0. The summed E-state index contributed by atoms with van der Waals surface area (Å²) in [5, 5.41) is 4.45. The lowest BCUT2D eigenvalue weighted by Crippen LogP contribution is -1.97. The van der Waals surface area contributed by atoms with Crippen molar-refractivity contribution >= 4 is 0 Å². The number of hydrogen-bond acceptors (Lipinski definition) is 2. The minimum absolute atomic E-state index is 0.712. The summed E-state index contributed by atoms with van der Waals surface area (Å²) in [6, 6.07) is 0. The molecule has 0 spiro atoms. The normalized spacial score (nSPS) is 14.6. The highest BCUT2D eigenvalue weighted by Crippen LogP contribution is 2.27. The van der Waals surface area contributed by atoms with Crippen molar-refractivity contribution in [3.05, 3.63) is 11.3 Å². The van der Waals surface area contributed by atoms with E-state index in [1.165, 1.54) is 24.1 Å². The molecule has 1 aromatic heterocycles. The molecule has 0 radical (unpaired) electrons. The van der Waals surface area contributed by atoms with E-state index in [1.54, 1.807) is 0 Å². The molecule has 3 nitrogen and oxygen atoms in total. The molecule has 0 bridgehead atoms. The largest absolute Gasteiger partial charge is 0.477 e. The van der Waals surface area contributed by atoms with Crippen molar-refractivity contribution in [2.75, 3.05) is 6.61 Å². The van der Waals surface area contributed by atoms with E-state index in [-0.39, 0.29) is 0 Å². The lowest BCUT2D eigenvalue weighted by molar-refractivity contribution is 0.318. The molecule has 72 valence electrons. The molecule has 0 N–H and O–H groups in total. The topological polar surface area (TPSA) is 27.1 Å². The molecule has 3 heteroatoms. The van der Waals surface area contributed by atoms with Crippen LogP contribution in [0.15, 0.2) is 0 Å². The van der Waals surface area contributed by atoms with E-state index < -0.39 is 0 Å². The van der Waals surface area contributed by atoms with E-state index in [1.807, 2.05) is 6.92 Å². The van der Waals surface area contributed by atoms with Crippen molar-refractivity contribution in [3.8, 4) is 5.88 Å². The summed E-state index contributed by atoms with van der Waals surface area (Å²) in [6.45, 7) is 5.95. The van der Waals surface area contributed by atoms with Gasteiger partial charge in [-0.1, -0.05) is 6.92 Å². The third-order valence-electron chi connectivity index (χ3n) is 2.55. The average Bonchev–Trinajstić information content (AvgIpc) is 2.64. The fourth-order valence-electron chi connectivity index (χ4n) is 1.98. The monoisotopic (exact) mass is 180 g/mol. The molecule has 2 rings (SSSR count). The minimum atomic E-state index is 0.712. The van der Waals surface area contributed by atoms with Crippen LogP contribution in [0.5, 0.6) is 5.88 Å². The Morgan fingerprint density at radius 1 is 1.46 bits per heavy atom. The smallest absolute Gasteiger partial charge is 0.236 e. The third kappa shape index (κ3) is 1.32. The van der Waals surface area contributed by atoms with E-state index in [0.717, 1.165) is 18.8 Å². The van der Waals surface area contributed by atoms with E-state index >= 15 is 0 Å². The number of fused-ring (bicyclic) bond motifs is 1. The van der Waals surface area contributed by atoms with E-state index in [4.69, 9.17) is 4.74 Å². The van der Waals surface area contributed by atoms with Gasteiger partial charge in [-0.05, 0) is 26.2 Å². The highest BCUT2D eigenvalue weighted by Gasteiger charge is 2.20. The SMILES string of the molecule is CCOc1nn2c(c1CC)CCC2. The number of rotatable bonds is 3. The van der Waals surface area contributed by atoms with Crippen LogP contribution in [0.3, 0.4) is 0 Å². The van der Waals surface area contributed by atoms with Gasteiger partial charge in [-0.15, -0.1) is 5.10 Å². The van der Waals surface area contributed by atoms with Crippen LogP contribution in [-0.2, 0) is 19.4 Å². The number of aryl methyl sites for hydroxylation is 1. The summed E-state index contributed by atoms with van der Waals surface area (Å²) in [6.07, 6.45) is 3.44. The van der Waals surface area contributed by atoms with Crippen LogP contribution >= 0.6 is 0 Å². The molecule has 0 aliphatic carbocycles. The van der Waals surface area contributed by atoms with Crippen LogP contribution in [0.25, 0.3) is 0 Å². The molecule has 0 saturated heterocycles. The molecule has 0 amide bonds. The summed E-state index contributed by atoms with van der Waals surface area (Å²) < 4.78 is 7.59. The minimum Gasteiger partial charge on any atom is -0.477 e. The van der Waals surface area contributed by atoms with Gasteiger partial charge < -0.3 is 4.74 Å². The number of nitrogens with zero attached hydrogens (tertiary/aromatic N) is 2. The van der Waals surface area contributed by atoms with Crippen molar-refractivity contribution < 1.29 is 4.74 Å². The molecule has 1 aromatic rings. The van der Waals surface area contributed by atoms with Gasteiger partial charge in [-0.25, -0.2) is 0 Å². The van der Waals surface area contributed by atoms with Gasteiger partial charge in [-0.2, -0.15) is 0 Å². The fraction of sp³-hybridized carbons (Fsp3) is 0.700. The average molecular weight is 180 g/mol. The number of ether oxygens (including phenoxy) is 1. The van der Waals surface area contributed by atoms with Crippen LogP contribution in [0.2, 0.25) is 0 Å². The van der Waals surface area contributed by atoms with E-state index in [0.29, 0.717) is 6.61 Å². The van der Waals surface area contributed by atoms with Crippen LogP contribution < -0.4 is 4.74 Å². The highest BCUT2D eigenvalue weighted by molar-refractivity contribution is 5.32. The second-order valence-electron chi connectivity index (χ2n) is 3.34. The van der Waals surface area contributed by atoms with Gasteiger partial charge in [0.25, 0.3) is 0 Å². The molecule has 1 aliphatic rings. The van der Waals surface area contributed by atoms with Crippen molar-refractivity contribution in [2.24, 2.45) is 0 Å². The molecule has 0 aromatic carbocycles. The molecule has 0 fully saturated rings. The van der Waals surface area contributed by atoms with Crippen LogP contribution in [0.1, 0.15) is 31.5 Å². The Bertz CT molecular complexity index is 304. The zero-order valence-corrected chi connectivity index (χ0v) is 8.34. The van der Waals surface area contributed by atoms with E-state index in [2.05, 4.69) is 16.7 Å². The number of aromatic nitrogens is 2. The molecule has 0 saturated carbocycles. The van der Waals surface area contributed by atoms with Crippen molar-refractivity contribution in [1.82, 2.24) is 9.78 Å². The van der Waals surface area contributed by atoms with E-state index in [9.17, 15) is 0 Å². The van der Waals surface area contributed by atoms with Gasteiger partial charge in [-0.3, -0.25) is 4.68 Å². The Hall–Kier alpha value is -0.990. The molecule has 0 atom stereocenters. The van der Waals surface area contributed by atoms with Crippen molar-refractivity contribution in [2.45, 2.75) is 39.7 Å². The van der Waals surface area contributed by atoms with Gasteiger partial charge in [0.2, 0.25) is 5.88 Å². The lowest BCUT2D eigenvalue weighted by Gasteiger charge is -2.01. The maximum absolute atomic E-state index is 5.49. The second kappa shape index (κ2) is 3.40. The zero-order valence-electron chi connectivity index (χ0n) is 8.34. The molecular weight excluding hydrogens is 164 g/mol. The fourth-order valence-corrected chi connectivity index (χ4v) is 1.98. The van der Waals surface area contributed by atoms with Crippen molar-refractivity contribution in [3.63, 3.8) is 0 Å². The molecule has 0 unspecified atom stereocenters. The lowest BCUT2D eigenvalue weighted by atomic mass is 10.1. The maximum atomic E-state index is 5.49. The quantitative estimate of drug-likeness (QED) is 0.709. The Morgan fingerprint density at radius 2 is 2.31 bits per heavy atom. The standard InChI is InChI=1S/C10H16N2O/c1-3-8-9-6-5-7-12(9)11-10(8)13-4-2/h3-7H2,1-2H3. The summed E-state index contributed by atoms with van der Waals surface area (Å²) in [5.74, 6) is 0.861. The summed E-state index contributed by atoms with van der Waals surface area (Å²) in [4.78, 5) is 0. The van der Waals surface area contributed by atoms with Gasteiger partial charge in [0, 0.05) is 17.8 Å². The van der Waals surface area contributed by atoms with Crippen LogP contribution in [0.4, 0.5) is 0 Å². The predicted molar refractivity (Wildman–Crippen MR) is 51.1 cm³/mol. The second-order valence-corrected chi connectivity index (χ2v) is 3.34. The summed E-state index contributed by atoms with van der Waals surface area (Å²) in [5.41, 5.74) is 2.71. The van der Waals surface area contributed by atoms with Crippen LogP contribution in [-0.4, -0.2) is 16.4 Å². The Labute approximate surface area is 78.7 Å². The van der Waals surface area contributed by atoms with Crippen LogP contribution in [0, 0.1) is 0 Å². The third-order valence-corrected chi connectivity index (χ3v) is 2.55. The molecule has 13 heavy (non-hydrogen) atoms.